The van der Waals surface area contributed by atoms with Crippen molar-refractivity contribution in [3.8, 4) is 17.2 Å². The van der Waals surface area contributed by atoms with E-state index in [2.05, 4.69) is 17.4 Å². The number of likely N-dealkylation sites (tertiary alicyclic amines) is 1. The van der Waals surface area contributed by atoms with Gasteiger partial charge in [-0.3, -0.25) is 9.59 Å². The third-order valence-electron chi connectivity index (χ3n) is 6.64. The van der Waals surface area contributed by atoms with E-state index in [1.165, 1.54) is 18.2 Å². The molecular weight excluding hydrogens is 420 g/mol. The highest BCUT2D eigenvalue weighted by Gasteiger charge is 2.27. The summed E-state index contributed by atoms with van der Waals surface area (Å²) >= 11 is 0. The van der Waals surface area contributed by atoms with Gasteiger partial charge in [0.2, 0.25) is 5.91 Å². The van der Waals surface area contributed by atoms with E-state index in [0.717, 1.165) is 50.9 Å². The number of amides is 2. The number of nitrogens with one attached hydrogen (secondary N) is 1. The number of methoxy groups -OCH3 is 3. The second kappa shape index (κ2) is 10.1. The number of hydrogen-bond donors (Lipinski definition) is 1. The maximum atomic E-state index is 13.2. The Labute approximate surface area is 195 Å². The minimum absolute atomic E-state index is 0.0983. The first-order chi connectivity index (χ1) is 16.0. The molecule has 2 aromatic rings. The van der Waals surface area contributed by atoms with Gasteiger partial charge in [-0.25, -0.2) is 0 Å². The average molecular weight is 453 g/mol. The molecule has 2 aliphatic rings. The molecule has 0 aromatic heterocycles. The highest BCUT2D eigenvalue weighted by atomic mass is 16.5. The molecule has 176 valence electrons. The zero-order valence-electron chi connectivity index (χ0n) is 19.6. The van der Waals surface area contributed by atoms with Gasteiger partial charge < -0.3 is 24.4 Å². The molecule has 7 heteroatoms. The average Bonchev–Trinajstić information content (AvgIpc) is 3.38. The predicted octanol–water partition coefficient (Wildman–Crippen LogP) is 4.40. The number of anilines is 1. The van der Waals surface area contributed by atoms with Gasteiger partial charge in [0.05, 0.1) is 32.6 Å². The topological polar surface area (TPSA) is 77.1 Å². The van der Waals surface area contributed by atoms with Gasteiger partial charge in [-0.2, -0.15) is 0 Å². The van der Waals surface area contributed by atoms with E-state index >= 15 is 0 Å². The van der Waals surface area contributed by atoms with E-state index in [1.54, 1.807) is 26.4 Å². The van der Waals surface area contributed by atoms with Crippen LogP contribution in [0, 0.1) is 0 Å². The molecule has 1 aliphatic carbocycles. The molecule has 7 nitrogen and oxygen atoms in total. The van der Waals surface area contributed by atoms with Crippen LogP contribution in [0.4, 0.5) is 5.69 Å². The Bertz CT molecular complexity index is 1030. The summed E-state index contributed by atoms with van der Waals surface area (Å²) < 4.78 is 16.2. The Kier molecular flexibility index (Phi) is 7.06. The van der Waals surface area contributed by atoms with Crippen molar-refractivity contribution < 1.29 is 23.8 Å². The molecule has 33 heavy (non-hydrogen) atoms. The van der Waals surface area contributed by atoms with E-state index in [-0.39, 0.29) is 17.7 Å². The van der Waals surface area contributed by atoms with Crippen molar-refractivity contribution in [1.29, 1.82) is 0 Å². The first-order valence-electron chi connectivity index (χ1n) is 11.6. The summed E-state index contributed by atoms with van der Waals surface area (Å²) in [7, 11) is 4.74. The molecule has 1 atom stereocenters. The van der Waals surface area contributed by atoms with Crippen molar-refractivity contribution in [2.45, 2.75) is 44.4 Å². The molecule has 1 heterocycles. The summed E-state index contributed by atoms with van der Waals surface area (Å²) in [6, 6.07) is 9.44. The molecule has 4 rings (SSSR count). The molecule has 2 aromatic carbocycles. The minimum atomic E-state index is -0.119. The molecule has 1 fully saturated rings. The van der Waals surface area contributed by atoms with Crippen molar-refractivity contribution in [3.05, 3.63) is 47.0 Å². The monoisotopic (exact) mass is 452 g/mol. The molecule has 0 spiro atoms. The summed E-state index contributed by atoms with van der Waals surface area (Å²) in [4.78, 5) is 28.1. The Morgan fingerprint density at radius 3 is 2.39 bits per heavy atom. The normalized spacial score (nSPS) is 17.3. The van der Waals surface area contributed by atoms with Crippen LogP contribution in [0.2, 0.25) is 0 Å². The smallest absolute Gasteiger partial charge is 0.256 e. The molecule has 0 saturated carbocycles. The van der Waals surface area contributed by atoms with Gasteiger partial charge in [-0.15, -0.1) is 0 Å². The van der Waals surface area contributed by atoms with Gasteiger partial charge in [0.1, 0.15) is 5.75 Å². The number of rotatable bonds is 7. The van der Waals surface area contributed by atoms with Crippen molar-refractivity contribution in [3.63, 3.8) is 0 Å². The summed E-state index contributed by atoms with van der Waals surface area (Å²) in [5.74, 6) is 1.70. The number of fused-ring (bicyclic) bond motifs is 1. The fourth-order valence-corrected chi connectivity index (χ4v) is 4.91. The standard InChI is InChI=1S/C26H32N2O5/c1-31-19-9-10-20-17(13-19)7-6-8-18(20)14-25(29)27-22-16-24(33-3)23(32-2)15-21(22)26(30)28-11-4-5-12-28/h9-10,13,15-16,18H,4-8,11-12,14H2,1-3H3,(H,27,29). The van der Waals surface area contributed by atoms with Gasteiger partial charge >= 0.3 is 0 Å². The number of hydrogen-bond acceptors (Lipinski definition) is 5. The molecule has 0 bridgehead atoms. The van der Waals surface area contributed by atoms with Crippen LogP contribution in [0.3, 0.4) is 0 Å². The Morgan fingerprint density at radius 2 is 1.70 bits per heavy atom. The Balaban J connectivity index is 1.57. The number of ether oxygens (including phenoxy) is 3. The largest absolute Gasteiger partial charge is 0.497 e. The van der Waals surface area contributed by atoms with Crippen molar-refractivity contribution in [2.75, 3.05) is 39.7 Å². The first kappa shape index (κ1) is 23.0. The highest BCUT2D eigenvalue weighted by molar-refractivity contribution is 6.04. The van der Waals surface area contributed by atoms with Crippen LogP contribution in [0.5, 0.6) is 17.2 Å². The van der Waals surface area contributed by atoms with E-state index < -0.39 is 0 Å². The van der Waals surface area contributed by atoms with Crippen LogP contribution in [0.1, 0.15) is 59.5 Å². The van der Waals surface area contributed by atoms with Gasteiger partial charge in [0.15, 0.2) is 11.5 Å². The van der Waals surface area contributed by atoms with Crippen LogP contribution in [-0.4, -0.2) is 51.1 Å². The minimum Gasteiger partial charge on any atom is -0.497 e. The van der Waals surface area contributed by atoms with Crippen molar-refractivity contribution in [2.24, 2.45) is 0 Å². The number of carbonyl (C=O) groups is 2. The highest BCUT2D eigenvalue weighted by Crippen LogP contribution is 2.37. The van der Waals surface area contributed by atoms with Gasteiger partial charge in [-0.1, -0.05) is 6.07 Å². The quantitative estimate of drug-likeness (QED) is 0.674. The van der Waals surface area contributed by atoms with E-state index in [4.69, 9.17) is 14.2 Å². The van der Waals surface area contributed by atoms with Crippen LogP contribution in [0.25, 0.3) is 0 Å². The number of nitrogens with zero attached hydrogens (tertiary/aromatic N) is 1. The molecule has 1 unspecified atom stereocenters. The lowest BCUT2D eigenvalue weighted by atomic mass is 9.81. The predicted molar refractivity (Wildman–Crippen MR) is 127 cm³/mol. The molecule has 0 radical (unpaired) electrons. The van der Waals surface area contributed by atoms with Crippen molar-refractivity contribution in [1.82, 2.24) is 4.90 Å². The molecule has 1 saturated heterocycles. The first-order valence-corrected chi connectivity index (χ1v) is 11.6. The fourth-order valence-electron chi connectivity index (χ4n) is 4.91. The second-order valence-electron chi connectivity index (χ2n) is 8.66. The Morgan fingerprint density at radius 1 is 0.970 bits per heavy atom. The summed E-state index contributed by atoms with van der Waals surface area (Å²) in [6.45, 7) is 1.45. The van der Waals surface area contributed by atoms with Gasteiger partial charge in [-0.05, 0) is 67.3 Å². The van der Waals surface area contributed by atoms with Crippen LogP contribution >= 0.6 is 0 Å². The number of benzene rings is 2. The lowest BCUT2D eigenvalue weighted by Gasteiger charge is -2.26. The lowest BCUT2D eigenvalue weighted by molar-refractivity contribution is -0.116. The third-order valence-corrected chi connectivity index (χ3v) is 6.64. The number of aryl methyl sites for hydroxylation is 1. The van der Waals surface area contributed by atoms with Gasteiger partial charge in [0.25, 0.3) is 5.91 Å². The third kappa shape index (κ3) is 4.92. The fraction of sp³-hybridized carbons (Fsp3) is 0.462. The van der Waals surface area contributed by atoms with Crippen LogP contribution < -0.4 is 19.5 Å². The Hall–Kier alpha value is -3.22. The van der Waals surface area contributed by atoms with Crippen LogP contribution in [-0.2, 0) is 11.2 Å². The SMILES string of the molecule is COc1ccc2c(c1)CCCC2CC(=O)Nc1cc(OC)c(OC)cc1C(=O)N1CCCC1. The van der Waals surface area contributed by atoms with Crippen molar-refractivity contribution >= 4 is 17.5 Å². The van der Waals surface area contributed by atoms with E-state index in [9.17, 15) is 9.59 Å². The summed E-state index contributed by atoms with van der Waals surface area (Å²) in [5.41, 5.74) is 3.34. The lowest BCUT2D eigenvalue weighted by Crippen LogP contribution is -2.29. The molecule has 1 N–H and O–H groups in total. The van der Waals surface area contributed by atoms with Crippen LogP contribution in [0.15, 0.2) is 30.3 Å². The number of carbonyl (C=O) groups excluding carboxylic acids is 2. The maximum absolute atomic E-state index is 13.2. The zero-order valence-corrected chi connectivity index (χ0v) is 19.6. The maximum Gasteiger partial charge on any atom is 0.256 e. The molecule has 2 amide bonds. The summed E-state index contributed by atoms with van der Waals surface area (Å²) in [5, 5.41) is 2.99. The molecule has 1 aliphatic heterocycles. The zero-order chi connectivity index (χ0) is 23.4. The van der Waals surface area contributed by atoms with Gasteiger partial charge in [0, 0.05) is 25.6 Å². The van der Waals surface area contributed by atoms with E-state index in [1.807, 2.05) is 11.0 Å². The summed E-state index contributed by atoms with van der Waals surface area (Å²) in [6.07, 6.45) is 5.32. The van der Waals surface area contributed by atoms with E-state index in [0.29, 0.717) is 29.2 Å². The molecular formula is C26H32N2O5. The second-order valence-corrected chi connectivity index (χ2v) is 8.66.